The lowest BCUT2D eigenvalue weighted by Gasteiger charge is -2.28. The maximum atomic E-state index is 12.3. The van der Waals surface area contributed by atoms with Crippen LogP contribution in [-0.2, 0) is 0 Å². The van der Waals surface area contributed by atoms with Crippen molar-refractivity contribution in [2.75, 3.05) is 13.1 Å². The Balaban J connectivity index is 2.97. The number of carbonyl (C=O) groups excluding carboxylic acids is 1. The average molecular weight is 251 g/mol. The third-order valence-corrected chi connectivity index (χ3v) is 2.58. The molecule has 5 heteroatoms. The second-order valence-electron chi connectivity index (χ2n) is 5.05. The minimum atomic E-state index is -0.912. The van der Waals surface area contributed by atoms with Crippen molar-refractivity contribution in [3.05, 3.63) is 23.3 Å². The zero-order valence-electron chi connectivity index (χ0n) is 11.7. The number of aryl methyl sites for hydroxylation is 2. The summed E-state index contributed by atoms with van der Waals surface area (Å²) in [5.41, 5.74) is 0.249. The standard InChI is InChI=1S/C13H21N3O2/c1-6-16(8-13(4,5)18)12(17)11-7-14-10(3)15-9(11)2/h7,18H,6,8H2,1-5H3. The molecule has 5 nitrogen and oxygen atoms in total. The largest absolute Gasteiger partial charge is 0.389 e. The van der Waals surface area contributed by atoms with E-state index >= 15 is 0 Å². The first-order valence-electron chi connectivity index (χ1n) is 6.06. The maximum Gasteiger partial charge on any atom is 0.257 e. The molecule has 1 N–H and O–H groups in total. The third-order valence-electron chi connectivity index (χ3n) is 2.58. The van der Waals surface area contributed by atoms with E-state index in [0.717, 1.165) is 0 Å². The van der Waals surface area contributed by atoms with E-state index in [1.54, 1.807) is 38.8 Å². The molecule has 0 bridgehead atoms. The minimum absolute atomic E-state index is 0.142. The SMILES string of the molecule is CCN(CC(C)(C)O)C(=O)c1cnc(C)nc1C. The highest BCUT2D eigenvalue weighted by molar-refractivity contribution is 5.94. The van der Waals surface area contributed by atoms with Crippen molar-refractivity contribution in [3.8, 4) is 0 Å². The number of amides is 1. The van der Waals surface area contributed by atoms with Crippen molar-refractivity contribution in [2.45, 2.75) is 40.2 Å². The van der Waals surface area contributed by atoms with Gasteiger partial charge < -0.3 is 10.0 Å². The molecular formula is C13H21N3O2. The molecule has 1 aromatic rings. The fraction of sp³-hybridized carbons (Fsp3) is 0.615. The van der Waals surface area contributed by atoms with Crippen LogP contribution in [0, 0.1) is 13.8 Å². The van der Waals surface area contributed by atoms with Gasteiger partial charge in [0.2, 0.25) is 0 Å². The maximum absolute atomic E-state index is 12.3. The molecule has 0 aliphatic carbocycles. The molecule has 1 amide bonds. The van der Waals surface area contributed by atoms with Crippen LogP contribution in [-0.4, -0.2) is 44.6 Å². The van der Waals surface area contributed by atoms with Gasteiger partial charge in [-0.3, -0.25) is 4.79 Å². The molecule has 18 heavy (non-hydrogen) atoms. The predicted octanol–water partition coefficient (Wildman–Crippen LogP) is 1.33. The average Bonchev–Trinajstić information content (AvgIpc) is 2.24. The van der Waals surface area contributed by atoms with Crippen LogP contribution in [0.1, 0.15) is 42.6 Å². The van der Waals surface area contributed by atoms with Gasteiger partial charge in [-0.15, -0.1) is 0 Å². The van der Waals surface area contributed by atoms with E-state index in [1.165, 1.54) is 0 Å². The molecule has 0 aliphatic heterocycles. The zero-order valence-corrected chi connectivity index (χ0v) is 11.7. The fourth-order valence-corrected chi connectivity index (χ4v) is 1.76. The normalized spacial score (nSPS) is 11.4. The van der Waals surface area contributed by atoms with Gasteiger partial charge in [-0.2, -0.15) is 0 Å². The number of rotatable bonds is 4. The van der Waals surface area contributed by atoms with Crippen LogP contribution in [0.25, 0.3) is 0 Å². The van der Waals surface area contributed by atoms with Gasteiger partial charge in [0, 0.05) is 19.3 Å². The van der Waals surface area contributed by atoms with Crippen molar-refractivity contribution in [1.82, 2.24) is 14.9 Å². The summed E-state index contributed by atoms with van der Waals surface area (Å²) in [6.07, 6.45) is 1.55. The van der Waals surface area contributed by atoms with Crippen LogP contribution in [0.4, 0.5) is 0 Å². The Kier molecular flexibility index (Phi) is 4.40. The van der Waals surface area contributed by atoms with Crippen LogP contribution in [0.15, 0.2) is 6.20 Å². The lowest BCUT2D eigenvalue weighted by atomic mass is 10.1. The molecule has 0 aliphatic rings. The molecule has 0 saturated carbocycles. The Morgan fingerprint density at radius 1 is 1.44 bits per heavy atom. The van der Waals surface area contributed by atoms with Gasteiger partial charge in [0.15, 0.2) is 0 Å². The molecular weight excluding hydrogens is 230 g/mol. The molecule has 0 fully saturated rings. The monoisotopic (exact) mass is 251 g/mol. The Morgan fingerprint density at radius 2 is 2.06 bits per heavy atom. The molecule has 1 heterocycles. The second kappa shape index (κ2) is 5.44. The Labute approximate surface area is 108 Å². The van der Waals surface area contributed by atoms with Crippen molar-refractivity contribution in [3.63, 3.8) is 0 Å². The van der Waals surface area contributed by atoms with Gasteiger partial charge in [0.05, 0.1) is 16.9 Å². The number of aliphatic hydroxyl groups is 1. The highest BCUT2D eigenvalue weighted by Crippen LogP contribution is 2.11. The van der Waals surface area contributed by atoms with Crippen LogP contribution in [0.2, 0.25) is 0 Å². The van der Waals surface area contributed by atoms with Gasteiger partial charge in [0.25, 0.3) is 5.91 Å². The van der Waals surface area contributed by atoms with Crippen molar-refractivity contribution in [1.29, 1.82) is 0 Å². The summed E-state index contributed by atoms with van der Waals surface area (Å²) in [5, 5.41) is 9.80. The topological polar surface area (TPSA) is 66.3 Å². The van der Waals surface area contributed by atoms with Gasteiger partial charge in [-0.05, 0) is 34.6 Å². The number of aromatic nitrogens is 2. The lowest BCUT2D eigenvalue weighted by molar-refractivity contribution is 0.0313. The van der Waals surface area contributed by atoms with E-state index in [9.17, 15) is 9.90 Å². The summed E-state index contributed by atoms with van der Waals surface area (Å²) >= 11 is 0. The van der Waals surface area contributed by atoms with E-state index in [4.69, 9.17) is 0 Å². The first kappa shape index (κ1) is 14.6. The highest BCUT2D eigenvalue weighted by atomic mass is 16.3. The minimum Gasteiger partial charge on any atom is -0.389 e. The first-order valence-corrected chi connectivity index (χ1v) is 6.06. The van der Waals surface area contributed by atoms with Crippen LogP contribution in [0.3, 0.4) is 0 Å². The number of hydrogen-bond donors (Lipinski definition) is 1. The van der Waals surface area contributed by atoms with E-state index in [1.807, 2.05) is 6.92 Å². The number of nitrogens with zero attached hydrogens (tertiary/aromatic N) is 3. The molecule has 0 saturated heterocycles. The third kappa shape index (κ3) is 3.77. The van der Waals surface area contributed by atoms with Crippen molar-refractivity contribution >= 4 is 5.91 Å². The first-order chi connectivity index (χ1) is 8.24. The molecule has 0 unspecified atom stereocenters. The van der Waals surface area contributed by atoms with Crippen LogP contribution >= 0.6 is 0 Å². The fourth-order valence-electron chi connectivity index (χ4n) is 1.76. The highest BCUT2D eigenvalue weighted by Gasteiger charge is 2.23. The summed E-state index contributed by atoms with van der Waals surface area (Å²) in [6.45, 7) is 9.65. The summed E-state index contributed by atoms with van der Waals surface area (Å²) in [5.74, 6) is 0.506. The number of hydrogen-bond acceptors (Lipinski definition) is 4. The quantitative estimate of drug-likeness (QED) is 0.876. The van der Waals surface area contributed by atoms with Gasteiger partial charge >= 0.3 is 0 Å². The van der Waals surface area contributed by atoms with E-state index in [-0.39, 0.29) is 12.5 Å². The van der Waals surface area contributed by atoms with Gasteiger partial charge in [-0.25, -0.2) is 9.97 Å². The second-order valence-corrected chi connectivity index (χ2v) is 5.05. The van der Waals surface area contributed by atoms with Gasteiger partial charge in [0.1, 0.15) is 5.82 Å². The van der Waals surface area contributed by atoms with E-state index in [0.29, 0.717) is 23.6 Å². The molecule has 0 aromatic carbocycles. The Morgan fingerprint density at radius 3 is 2.50 bits per heavy atom. The number of carbonyl (C=O) groups is 1. The Hall–Kier alpha value is -1.49. The lowest BCUT2D eigenvalue weighted by Crippen LogP contribution is -2.42. The molecule has 0 atom stereocenters. The van der Waals surface area contributed by atoms with E-state index < -0.39 is 5.60 Å². The smallest absolute Gasteiger partial charge is 0.257 e. The van der Waals surface area contributed by atoms with E-state index in [2.05, 4.69) is 9.97 Å². The molecule has 1 rings (SSSR count). The molecule has 0 radical (unpaired) electrons. The summed E-state index contributed by atoms with van der Waals surface area (Å²) in [7, 11) is 0. The molecule has 100 valence electrons. The summed E-state index contributed by atoms with van der Waals surface area (Å²) < 4.78 is 0. The molecule has 1 aromatic heterocycles. The van der Waals surface area contributed by atoms with Gasteiger partial charge in [-0.1, -0.05) is 0 Å². The van der Waals surface area contributed by atoms with Crippen molar-refractivity contribution < 1.29 is 9.90 Å². The number of likely N-dealkylation sites (N-methyl/N-ethyl adjacent to an activating group) is 1. The zero-order chi connectivity index (χ0) is 13.9. The Bertz CT molecular complexity index is 438. The van der Waals surface area contributed by atoms with Crippen LogP contribution < -0.4 is 0 Å². The molecule has 0 spiro atoms. The summed E-state index contributed by atoms with van der Waals surface area (Å²) in [6, 6.07) is 0. The predicted molar refractivity (Wildman–Crippen MR) is 69.4 cm³/mol. The van der Waals surface area contributed by atoms with Crippen LogP contribution in [0.5, 0.6) is 0 Å². The van der Waals surface area contributed by atoms with Crippen molar-refractivity contribution in [2.24, 2.45) is 0 Å². The summed E-state index contributed by atoms with van der Waals surface area (Å²) in [4.78, 5) is 22.2.